The topological polar surface area (TPSA) is 72.8 Å². The second-order valence-corrected chi connectivity index (χ2v) is 8.26. The maximum atomic E-state index is 14.8. The van der Waals surface area contributed by atoms with Crippen molar-refractivity contribution in [3.63, 3.8) is 0 Å². The van der Waals surface area contributed by atoms with Crippen LogP contribution in [0.2, 0.25) is 0 Å². The molecule has 32 heavy (non-hydrogen) atoms. The van der Waals surface area contributed by atoms with Crippen molar-refractivity contribution in [1.29, 1.82) is 0 Å². The second kappa shape index (κ2) is 12.5. The fourth-order valence-electron chi connectivity index (χ4n) is 3.64. The Morgan fingerprint density at radius 1 is 1.12 bits per heavy atom. The molecule has 0 aliphatic heterocycles. The second-order valence-electron chi connectivity index (χ2n) is 8.26. The van der Waals surface area contributed by atoms with Crippen LogP contribution < -0.4 is 0 Å². The minimum Gasteiger partial charge on any atom is -0.481 e. The fraction of sp³-hybridized carbons (Fsp3) is 0.538. The lowest BCUT2D eigenvalue weighted by Gasteiger charge is -2.35. The monoisotopic (exact) mass is 446 g/mol. The zero-order valence-electron chi connectivity index (χ0n) is 19.3. The third-order valence-corrected chi connectivity index (χ3v) is 5.75. The lowest BCUT2D eigenvalue weighted by Crippen LogP contribution is -2.46. The molecule has 2 unspecified atom stereocenters. The first-order valence-corrected chi connectivity index (χ1v) is 11.6. The number of carbonyl (C=O) groups is 2. The first kappa shape index (κ1) is 25.8. The van der Waals surface area contributed by atoms with Crippen LogP contribution in [-0.4, -0.2) is 35.4 Å². The van der Waals surface area contributed by atoms with Crippen molar-refractivity contribution in [2.45, 2.75) is 77.4 Å². The van der Waals surface area contributed by atoms with Gasteiger partial charge in [0.1, 0.15) is 5.82 Å². The molecule has 0 heterocycles. The van der Waals surface area contributed by atoms with E-state index in [0.29, 0.717) is 6.42 Å². The van der Waals surface area contributed by atoms with Crippen LogP contribution in [-0.2, 0) is 19.1 Å². The Balaban J connectivity index is 2.38. The minimum atomic E-state index is -1.69. The van der Waals surface area contributed by atoms with E-state index in [4.69, 9.17) is 9.47 Å². The number of benzene rings is 1. The van der Waals surface area contributed by atoms with Crippen LogP contribution >= 0.6 is 0 Å². The third kappa shape index (κ3) is 6.52. The average Bonchev–Trinajstić information content (AvgIpc) is 2.78. The summed E-state index contributed by atoms with van der Waals surface area (Å²) in [6, 6.07) is 6.00. The van der Waals surface area contributed by atoms with Crippen molar-refractivity contribution < 1.29 is 28.6 Å². The van der Waals surface area contributed by atoms with Gasteiger partial charge in [-0.15, -0.1) is 0 Å². The molecular weight excluding hydrogens is 411 g/mol. The van der Waals surface area contributed by atoms with E-state index in [1.807, 2.05) is 6.92 Å². The summed E-state index contributed by atoms with van der Waals surface area (Å²) in [6.45, 7) is 6.10. The molecule has 2 rings (SSSR count). The van der Waals surface area contributed by atoms with Crippen LogP contribution in [0.3, 0.4) is 0 Å². The van der Waals surface area contributed by atoms with Gasteiger partial charge in [0.2, 0.25) is 5.60 Å². The standard InChI is InChI=1S/C26H35FO5/c1-4-6-7-8-9-12-17-31-26(25(30)32-19(3)5-2)16-15-20(24(28)29)18-22(26)21-13-10-11-14-23(21)27/h10-11,13-16,18-20H,4-9,12,17H2,1-3H3,(H,28,29)/t19-,20?,26?/m1/s1. The van der Waals surface area contributed by atoms with E-state index in [0.717, 1.165) is 32.1 Å². The van der Waals surface area contributed by atoms with Gasteiger partial charge in [0.05, 0.1) is 12.0 Å². The van der Waals surface area contributed by atoms with Crippen molar-refractivity contribution in [3.8, 4) is 0 Å². The number of carboxylic acid groups (broad SMARTS) is 1. The van der Waals surface area contributed by atoms with Crippen LogP contribution in [0.4, 0.5) is 4.39 Å². The van der Waals surface area contributed by atoms with Gasteiger partial charge in [0, 0.05) is 17.7 Å². The first-order valence-electron chi connectivity index (χ1n) is 11.6. The Hall–Kier alpha value is -2.47. The summed E-state index contributed by atoms with van der Waals surface area (Å²) in [5, 5.41) is 9.53. The number of hydrogen-bond acceptors (Lipinski definition) is 4. The normalized spacial score (nSPS) is 21.1. The van der Waals surface area contributed by atoms with E-state index in [9.17, 15) is 19.1 Å². The van der Waals surface area contributed by atoms with Gasteiger partial charge in [-0.25, -0.2) is 9.18 Å². The van der Waals surface area contributed by atoms with Gasteiger partial charge in [0.15, 0.2) is 0 Å². The van der Waals surface area contributed by atoms with Gasteiger partial charge in [-0.2, -0.15) is 0 Å². The Morgan fingerprint density at radius 3 is 2.47 bits per heavy atom. The highest BCUT2D eigenvalue weighted by atomic mass is 19.1. The zero-order chi connectivity index (χ0) is 23.6. The largest absolute Gasteiger partial charge is 0.481 e. The van der Waals surface area contributed by atoms with Crippen LogP contribution in [0.25, 0.3) is 5.57 Å². The number of carboxylic acids is 1. The summed E-state index contributed by atoms with van der Waals surface area (Å²) < 4.78 is 26.5. The van der Waals surface area contributed by atoms with Gasteiger partial charge < -0.3 is 14.6 Å². The Labute approximate surface area is 190 Å². The number of rotatable bonds is 13. The Morgan fingerprint density at radius 2 is 1.81 bits per heavy atom. The third-order valence-electron chi connectivity index (χ3n) is 5.75. The first-order chi connectivity index (χ1) is 15.4. The maximum absolute atomic E-state index is 14.8. The lowest BCUT2D eigenvalue weighted by molar-refractivity contribution is -0.165. The molecular formula is C26H35FO5. The number of esters is 1. The van der Waals surface area contributed by atoms with Crippen molar-refractivity contribution in [3.05, 3.63) is 53.9 Å². The van der Waals surface area contributed by atoms with E-state index in [2.05, 4.69) is 6.92 Å². The summed E-state index contributed by atoms with van der Waals surface area (Å²) in [6.07, 6.45) is 10.7. The van der Waals surface area contributed by atoms with Crippen LogP contribution in [0.1, 0.15) is 71.3 Å². The molecule has 0 spiro atoms. The summed E-state index contributed by atoms with van der Waals surface area (Å²) in [4.78, 5) is 25.0. The van der Waals surface area contributed by atoms with E-state index < -0.39 is 29.3 Å². The quantitative estimate of drug-likeness (QED) is 0.231. The highest BCUT2D eigenvalue weighted by Crippen LogP contribution is 2.40. The number of carbonyl (C=O) groups excluding carboxylic acids is 1. The highest BCUT2D eigenvalue weighted by molar-refractivity contribution is 6.01. The van der Waals surface area contributed by atoms with Gasteiger partial charge in [-0.1, -0.05) is 76.3 Å². The van der Waals surface area contributed by atoms with Crippen LogP contribution in [0.5, 0.6) is 0 Å². The number of aliphatic carboxylic acids is 1. The Kier molecular flexibility index (Phi) is 10.1. The van der Waals surface area contributed by atoms with E-state index >= 15 is 0 Å². The van der Waals surface area contributed by atoms with Crippen molar-refractivity contribution in [2.24, 2.45) is 5.92 Å². The van der Waals surface area contributed by atoms with E-state index in [1.54, 1.807) is 19.1 Å². The molecule has 0 aromatic heterocycles. The molecule has 0 fully saturated rings. The summed E-state index contributed by atoms with van der Waals surface area (Å²) in [5.74, 6) is -3.30. The maximum Gasteiger partial charge on any atom is 0.347 e. The molecule has 0 saturated carbocycles. The van der Waals surface area contributed by atoms with Gasteiger partial charge in [-0.3, -0.25) is 4.79 Å². The van der Waals surface area contributed by atoms with Crippen molar-refractivity contribution >= 4 is 17.5 Å². The molecule has 0 bridgehead atoms. The fourth-order valence-corrected chi connectivity index (χ4v) is 3.64. The molecule has 3 atom stereocenters. The lowest BCUT2D eigenvalue weighted by atomic mass is 9.80. The van der Waals surface area contributed by atoms with E-state index in [1.165, 1.54) is 36.8 Å². The van der Waals surface area contributed by atoms with Gasteiger partial charge in [-0.05, 0) is 31.9 Å². The predicted octanol–water partition coefficient (Wildman–Crippen LogP) is 5.94. The number of halogens is 1. The van der Waals surface area contributed by atoms with Gasteiger partial charge >= 0.3 is 11.9 Å². The summed E-state index contributed by atoms with van der Waals surface area (Å²) >= 11 is 0. The molecule has 1 aromatic carbocycles. The molecule has 5 nitrogen and oxygen atoms in total. The number of hydrogen-bond donors (Lipinski definition) is 1. The molecule has 6 heteroatoms. The average molecular weight is 447 g/mol. The predicted molar refractivity (Wildman–Crippen MR) is 123 cm³/mol. The number of unbranched alkanes of at least 4 members (excludes halogenated alkanes) is 5. The van der Waals surface area contributed by atoms with Crippen LogP contribution in [0.15, 0.2) is 42.5 Å². The molecule has 176 valence electrons. The minimum absolute atomic E-state index is 0.132. The molecule has 0 amide bonds. The molecule has 1 aliphatic rings. The highest BCUT2D eigenvalue weighted by Gasteiger charge is 2.47. The van der Waals surface area contributed by atoms with Gasteiger partial charge in [0.25, 0.3) is 0 Å². The van der Waals surface area contributed by atoms with Crippen LogP contribution in [0, 0.1) is 11.7 Å². The smallest absolute Gasteiger partial charge is 0.347 e. The number of ether oxygens (including phenoxy) is 2. The molecule has 0 radical (unpaired) electrons. The summed E-state index contributed by atoms with van der Waals surface area (Å²) in [5.41, 5.74) is -1.39. The van der Waals surface area contributed by atoms with Crippen molar-refractivity contribution in [2.75, 3.05) is 6.61 Å². The molecule has 0 saturated heterocycles. The summed E-state index contributed by atoms with van der Waals surface area (Å²) in [7, 11) is 0. The Bertz CT molecular complexity index is 831. The van der Waals surface area contributed by atoms with E-state index in [-0.39, 0.29) is 23.8 Å². The molecule has 1 N–H and O–H groups in total. The molecule has 1 aliphatic carbocycles. The SMILES string of the molecule is CCCCCCCCOC1(C(=O)O[C@H](C)CC)C=CC(C(=O)O)C=C1c1ccccc1F. The van der Waals surface area contributed by atoms with Crippen molar-refractivity contribution in [1.82, 2.24) is 0 Å². The zero-order valence-corrected chi connectivity index (χ0v) is 19.3. The molecule has 1 aromatic rings.